The highest BCUT2D eigenvalue weighted by molar-refractivity contribution is 6.36. The summed E-state index contributed by atoms with van der Waals surface area (Å²) in [6.45, 7) is 1.64. The lowest BCUT2D eigenvalue weighted by Gasteiger charge is -2.18. The van der Waals surface area contributed by atoms with E-state index in [-0.39, 0.29) is 12.0 Å². The zero-order chi connectivity index (χ0) is 13.7. The normalized spacial score (nSPS) is 13.1. The second kappa shape index (κ2) is 6.88. The van der Waals surface area contributed by atoms with Gasteiger partial charge in [-0.25, -0.2) is 13.2 Å². The van der Waals surface area contributed by atoms with Gasteiger partial charge in [0.15, 0.2) is 0 Å². The number of hydrogen-bond donors (Lipinski definition) is 0. The van der Waals surface area contributed by atoms with Gasteiger partial charge in [0.05, 0.1) is 6.10 Å². The Labute approximate surface area is 105 Å². The van der Waals surface area contributed by atoms with E-state index in [1.807, 2.05) is 0 Å². The van der Waals surface area contributed by atoms with Crippen LogP contribution in [0.25, 0.3) is 0 Å². The third kappa shape index (κ3) is 4.09. The van der Waals surface area contributed by atoms with Gasteiger partial charge >= 0.3 is 9.53 Å². The zero-order valence-corrected chi connectivity index (χ0v) is 11.5. The molecule has 7 heteroatoms. The van der Waals surface area contributed by atoms with Crippen molar-refractivity contribution in [3.05, 3.63) is 35.1 Å². The lowest BCUT2D eigenvalue weighted by atomic mass is 10.1. The molecule has 0 aromatic heterocycles. The molecule has 1 aromatic carbocycles. The highest BCUT2D eigenvalue weighted by Gasteiger charge is 2.19. The molecule has 0 aliphatic carbocycles. The first-order valence-electron chi connectivity index (χ1n) is 5.32. The summed E-state index contributed by atoms with van der Waals surface area (Å²) >= 11 is 0. The van der Waals surface area contributed by atoms with Crippen LogP contribution in [0.5, 0.6) is 0 Å². The molecule has 0 bridgehead atoms. The lowest BCUT2D eigenvalue weighted by molar-refractivity contribution is 0.0942. The van der Waals surface area contributed by atoms with Crippen LogP contribution in [0, 0.1) is 17.5 Å². The van der Waals surface area contributed by atoms with Gasteiger partial charge in [-0.05, 0) is 6.92 Å². The second-order valence-electron chi connectivity index (χ2n) is 3.76. The lowest BCUT2D eigenvalue weighted by Crippen LogP contribution is -2.30. The van der Waals surface area contributed by atoms with Crippen LogP contribution >= 0.6 is 0 Å². The van der Waals surface area contributed by atoms with E-state index in [1.165, 1.54) is 14.2 Å². The van der Waals surface area contributed by atoms with E-state index >= 15 is 0 Å². The molecule has 1 atom stereocenters. The molecule has 1 rings (SSSR count). The largest absolute Gasteiger partial charge is 0.483 e. The van der Waals surface area contributed by atoms with E-state index < -0.39 is 33.1 Å². The number of rotatable bonds is 6. The fourth-order valence-corrected chi connectivity index (χ4v) is 2.39. The molecule has 0 spiro atoms. The van der Waals surface area contributed by atoms with Crippen molar-refractivity contribution in [3.8, 4) is 0 Å². The Morgan fingerprint density at radius 3 is 2.06 bits per heavy atom. The molecule has 0 N–H and O–H groups in total. The van der Waals surface area contributed by atoms with Gasteiger partial charge in [-0.15, -0.1) is 0 Å². The minimum absolute atomic E-state index is 0.0197. The van der Waals surface area contributed by atoms with Crippen molar-refractivity contribution in [2.24, 2.45) is 0 Å². The molecule has 0 aliphatic heterocycles. The van der Waals surface area contributed by atoms with Gasteiger partial charge in [0.1, 0.15) is 17.5 Å². The first-order valence-corrected chi connectivity index (χ1v) is 6.73. The Hall–Kier alpha value is -0.893. The molecule has 0 heterocycles. The van der Waals surface area contributed by atoms with Gasteiger partial charge in [0.25, 0.3) is 0 Å². The topological polar surface area (TPSA) is 27.7 Å². The summed E-state index contributed by atoms with van der Waals surface area (Å²) in [5.74, 6) is -2.78. The van der Waals surface area contributed by atoms with Crippen LogP contribution in [0.3, 0.4) is 0 Å². The molecular formula is C11H15F3O3Si. The van der Waals surface area contributed by atoms with Crippen LogP contribution in [0.2, 0.25) is 0 Å². The molecule has 102 valence electrons. The summed E-state index contributed by atoms with van der Waals surface area (Å²) < 4.78 is 54.7. The maximum Gasteiger partial charge on any atom is 0.483 e. The maximum atomic E-state index is 13.4. The van der Waals surface area contributed by atoms with Gasteiger partial charge < -0.3 is 13.3 Å². The molecule has 0 saturated carbocycles. The molecule has 0 aliphatic rings. The Kier molecular flexibility index (Phi) is 5.80. The molecule has 1 aromatic rings. The van der Waals surface area contributed by atoms with Crippen molar-refractivity contribution in [2.75, 3.05) is 14.2 Å². The second-order valence-corrected chi connectivity index (χ2v) is 5.55. The average Bonchev–Trinajstić information content (AvgIpc) is 2.30. The van der Waals surface area contributed by atoms with E-state index in [0.29, 0.717) is 12.1 Å². The van der Waals surface area contributed by atoms with Crippen LogP contribution in [0.1, 0.15) is 12.5 Å². The van der Waals surface area contributed by atoms with Gasteiger partial charge in [0.2, 0.25) is 0 Å². The van der Waals surface area contributed by atoms with Crippen molar-refractivity contribution in [3.63, 3.8) is 0 Å². The minimum atomic E-state index is -2.25. The first kappa shape index (κ1) is 15.2. The van der Waals surface area contributed by atoms with E-state index in [1.54, 1.807) is 6.92 Å². The molecule has 0 radical (unpaired) electrons. The van der Waals surface area contributed by atoms with Crippen molar-refractivity contribution in [1.82, 2.24) is 0 Å². The van der Waals surface area contributed by atoms with E-state index in [4.69, 9.17) is 13.3 Å². The van der Waals surface area contributed by atoms with Crippen molar-refractivity contribution >= 4 is 9.53 Å². The zero-order valence-electron chi connectivity index (χ0n) is 10.4. The van der Waals surface area contributed by atoms with Crippen LogP contribution in [-0.4, -0.2) is 29.9 Å². The summed E-state index contributed by atoms with van der Waals surface area (Å²) in [5.41, 5.74) is -0.205. The smallest absolute Gasteiger partial charge is 0.379 e. The van der Waals surface area contributed by atoms with Crippen molar-refractivity contribution < 1.29 is 26.4 Å². The Bertz CT molecular complexity index is 376. The Morgan fingerprint density at radius 2 is 1.61 bits per heavy atom. The molecule has 3 nitrogen and oxygen atoms in total. The van der Waals surface area contributed by atoms with Crippen molar-refractivity contribution in [2.45, 2.75) is 19.4 Å². The first-order chi connectivity index (χ1) is 8.47. The van der Waals surface area contributed by atoms with E-state index in [9.17, 15) is 13.2 Å². The predicted octanol–water partition coefficient (Wildman–Crippen LogP) is 2.06. The summed E-state index contributed by atoms with van der Waals surface area (Å²) in [7, 11) is 0.622. The number of benzene rings is 1. The van der Waals surface area contributed by atoms with Gasteiger partial charge in [0, 0.05) is 38.3 Å². The van der Waals surface area contributed by atoms with Crippen LogP contribution in [0.15, 0.2) is 12.1 Å². The summed E-state index contributed by atoms with van der Waals surface area (Å²) in [5, 5.41) is 0. The predicted molar refractivity (Wildman–Crippen MR) is 61.7 cm³/mol. The van der Waals surface area contributed by atoms with Crippen LogP contribution in [-0.2, 0) is 19.7 Å². The van der Waals surface area contributed by atoms with Gasteiger partial charge in [-0.1, -0.05) is 0 Å². The standard InChI is InChI=1S/C11H15F3O3Si/c1-7(17-18(15-2)16-3)4-9-10(13)5-8(12)6-11(9)14/h5-7,18H,4H2,1-3H3. The SMILES string of the molecule is CO[SiH](OC)OC(C)Cc1c(F)cc(F)cc1F. The highest BCUT2D eigenvalue weighted by Crippen LogP contribution is 2.17. The maximum absolute atomic E-state index is 13.4. The van der Waals surface area contributed by atoms with Crippen LogP contribution < -0.4 is 0 Å². The average molecular weight is 280 g/mol. The van der Waals surface area contributed by atoms with E-state index in [2.05, 4.69) is 0 Å². The van der Waals surface area contributed by atoms with Crippen molar-refractivity contribution in [1.29, 1.82) is 0 Å². The number of halogens is 3. The minimum Gasteiger partial charge on any atom is -0.379 e. The molecule has 18 heavy (non-hydrogen) atoms. The molecule has 0 fully saturated rings. The fraction of sp³-hybridized carbons (Fsp3) is 0.455. The molecule has 0 amide bonds. The highest BCUT2D eigenvalue weighted by atomic mass is 28.3. The van der Waals surface area contributed by atoms with Crippen LogP contribution in [0.4, 0.5) is 13.2 Å². The van der Waals surface area contributed by atoms with Gasteiger partial charge in [-0.3, -0.25) is 0 Å². The molecule has 1 unspecified atom stereocenters. The fourth-order valence-electron chi connectivity index (χ4n) is 1.50. The van der Waals surface area contributed by atoms with Gasteiger partial charge in [-0.2, -0.15) is 0 Å². The Morgan fingerprint density at radius 1 is 1.11 bits per heavy atom. The summed E-state index contributed by atoms with van der Waals surface area (Å²) in [4.78, 5) is 0. The monoisotopic (exact) mass is 280 g/mol. The molecule has 0 saturated heterocycles. The molecular weight excluding hydrogens is 265 g/mol. The van der Waals surface area contributed by atoms with E-state index in [0.717, 1.165) is 0 Å². The summed E-state index contributed by atoms with van der Waals surface area (Å²) in [6.07, 6.45) is -0.509. The quantitative estimate of drug-likeness (QED) is 0.747. The third-order valence-electron chi connectivity index (χ3n) is 2.33. The Balaban J connectivity index is 2.73. The summed E-state index contributed by atoms with van der Waals surface area (Å²) in [6, 6.07) is 1.29. The third-order valence-corrected chi connectivity index (χ3v) is 3.78. The number of hydrogen-bond acceptors (Lipinski definition) is 3.